The van der Waals surface area contributed by atoms with Gasteiger partial charge in [0.2, 0.25) is 0 Å². The van der Waals surface area contributed by atoms with Gasteiger partial charge in [-0.25, -0.2) is 4.39 Å². The zero-order valence-electron chi connectivity index (χ0n) is 8.62. The summed E-state index contributed by atoms with van der Waals surface area (Å²) in [5, 5.41) is 16.9. The molecule has 0 bridgehead atoms. The van der Waals surface area contributed by atoms with Crippen molar-refractivity contribution < 1.29 is 22.3 Å². The van der Waals surface area contributed by atoms with Crippen LogP contribution in [0.1, 0.15) is 5.56 Å². The molecule has 0 fully saturated rings. The molecule has 0 atom stereocenters. The molecule has 0 aliphatic rings. The van der Waals surface area contributed by atoms with Crippen LogP contribution in [0.2, 0.25) is 0 Å². The molecule has 0 aromatic heterocycles. The molecule has 0 aliphatic heterocycles. The third-order valence-electron chi connectivity index (χ3n) is 1.75. The minimum Gasteiger partial charge on any atom is -0.406 e. The Morgan fingerprint density at radius 3 is 2.28 bits per heavy atom. The van der Waals surface area contributed by atoms with Gasteiger partial charge in [-0.1, -0.05) is 0 Å². The molecular weight excluding hydrogens is 252 g/mol. The second-order valence-corrected chi connectivity index (χ2v) is 3.01. The van der Waals surface area contributed by atoms with Crippen LogP contribution in [-0.4, -0.2) is 6.36 Å². The van der Waals surface area contributed by atoms with E-state index in [1.54, 1.807) is 0 Å². The lowest BCUT2D eigenvalue weighted by atomic mass is 10.1. The highest BCUT2D eigenvalue weighted by molar-refractivity contribution is 5.62. The molecule has 0 saturated heterocycles. The predicted molar refractivity (Wildman–Crippen MR) is 52.3 cm³/mol. The lowest BCUT2D eigenvalue weighted by Crippen LogP contribution is -2.17. The van der Waals surface area contributed by atoms with Crippen LogP contribution in [-0.2, 0) is 0 Å². The molecule has 1 rings (SSSR count). The maximum Gasteiger partial charge on any atom is 0.573 e. The zero-order valence-corrected chi connectivity index (χ0v) is 8.62. The molecular formula is C11H4F4N2O. The van der Waals surface area contributed by atoms with Gasteiger partial charge in [0.25, 0.3) is 0 Å². The molecule has 0 heterocycles. The summed E-state index contributed by atoms with van der Waals surface area (Å²) >= 11 is 0. The van der Waals surface area contributed by atoms with E-state index in [-0.39, 0.29) is 11.1 Å². The number of hydrogen-bond donors (Lipinski definition) is 0. The summed E-state index contributed by atoms with van der Waals surface area (Å²) in [6.07, 6.45) is -3.99. The van der Waals surface area contributed by atoms with Crippen molar-refractivity contribution in [3.63, 3.8) is 0 Å². The van der Waals surface area contributed by atoms with Crippen LogP contribution in [0.15, 0.2) is 23.8 Å². The van der Waals surface area contributed by atoms with Gasteiger partial charge >= 0.3 is 6.36 Å². The van der Waals surface area contributed by atoms with Crippen molar-refractivity contribution in [3.05, 3.63) is 35.2 Å². The van der Waals surface area contributed by atoms with Gasteiger partial charge in [0, 0.05) is 11.6 Å². The molecule has 0 unspecified atom stereocenters. The van der Waals surface area contributed by atoms with Crippen LogP contribution in [0.25, 0.3) is 6.08 Å². The topological polar surface area (TPSA) is 56.8 Å². The summed E-state index contributed by atoms with van der Waals surface area (Å²) in [5.74, 6) is -1.74. The molecule has 0 aliphatic carbocycles. The van der Waals surface area contributed by atoms with Gasteiger partial charge in [-0.05, 0) is 18.2 Å². The number of rotatable bonds is 2. The summed E-state index contributed by atoms with van der Waals surface area (Å²) in [4.78, 5) is 0. The molecule has 92 valence electrons. The molecule has 0 saturated carbocycles. The first-order valence-electron chi connectivity index (χ1n) is 4.43. The molecule has 0 spiro atoms. The van der Waals surface area contributed by atoms with Crippen molar-refractivity contribution in [2.75, 3.05) is 0 Å². The van der Waals surface area contributed by atoms with Gasteiger partial charge in [0.05, 0.1) is 0 Å². The van der Waals surface area contributed by atoms with E-state index in [1.165, 1.54) is 12.1 Å². The van der Waals surface area contributed by atoms with Crippen LogP contribution in [0.5, 0.6) is 5.75 Å². The Hall–Kier alpha value is -2.54. The highest BCUT2D eigenvalue weighted by Crippen LogP contribution is 2.25. The Balaban J connectivity index is 3.06. The zero-order chi connectivity index (χ0) is 13.8. The number of hydrogen-bond acceptors (Lipinski definition) is 3. The minimum absolute atomic E-state index is 0.178. The molecule has 0 radical (unpaired) electrons. The van der Waals surface area contributed by atoms with Gasteiger partial charge in [-0.15, -0.1) is 13.2 Å². The highest BCUT2D eigenvalue weighted by Gasteiger charge is 2.31. The quantitative estimate of drug-likeness (QED) is 0.603. The number of allylic oxidation sites excluding steroid dienone is 1. The SMILES string of the molecule is N#CC(C#N)=Cc1ccc(OC(F)(F)F)cc1F. The molecule has 1 aromatic carbocycles. The first-order valence-corrected chi connectivity index (χ1v) is 4.43. The maximum atomic E-state index is 13.3. The van der Waals surface area contributed by atoms with Crippen molar-refractivity contribution in [1.82, 2.24) is 0 Å². The van der Waals surface area contributed by atoms with Crippen molar-refractivity contribution in [3.8, 4) is 17.9 Å². The summed E-state index contributed by atoms with van der Waals surface area (Å²) < 4.78 is 52.4. The van der Waals surface area contributed by atoms with E-state index in [0.29, 0.717) is 6.07 Å². The summed E-state index contributed by atoms with van der Waals surface area (Å²) in [6, 6.07) is 5.39. The predicted octanol–water partition coefficient (Wildman–Crippen LogP) is 3.15. The molecule has 0 N–H and O–H groups in total. The number of ether oxygens (including phenoxy) is 1. The van der Waals surface area contributed by atoms with Crippen LogP contribution in [0, 0.1) is 28.5 Å². The number of alkyl halides is 3. The molecule has 1 aromatic rings. The standard InChI is InChI=1S/C11H4F4N2O/c12-10-4-9(18-11(13,14)15)2-1-8(10)3-7(5-16)6-17/h1-4H. The largest absolute Gasteiger partial charge is 0.573 e. The average molecular weight is 256 g/mol. The van der Waals surface area contributed by atoms with Gasteiger partial charge in [0.1, 0.15) is 29.3 Å². The fourth-order valence-electron chi connectivity index (χ4n) is 1.07. The second kappa shape index (κ2) is 5.19. The highest BCUT2D eigenvalue weighted by atomic mass is 19.4. The Morgan fingerprint density at radius 1 is 1.22 bits per heavy atom. The van der Waals surface area contributed by atoms with Gasteiger partial charge < -0.3 is 4.74 Å². The summed E-state index contributed by atoms with van der Waals surface area (Å²) in [6.45, 7) is 0. The van der Waals surface area contributed by atoms with E-state index in [4.69, 9.17) is 10.5 Å². The Kier molecular flexibility index (Phi) is 3.90. The van der Waals surface area contributed by atoms with E-state index >= 15 is 0 Å². The smallest absolute Gasteiger partial charge is 0.406 e. The molecule has 7 heteroatoms. The van der Waals surface area contributed by atoms with Crippen molar-refractivity contribution >= 4 is 6.08 Å². The Labute approximate surface area is 99.1 Å². The van der Waals surface area contributed by atoms with Crippen molar-refractivity contribution in [2.24, 2.45) is 0 Å². The average Bonchev–Trinajstić information content (AvgIpc) is 2.26. The van der Waals surface area contributed by atoms with Crippen LogP contribution < -0.4 is 4.74 Å². The fraction of sp³-hybridized carbons (Fsp3) is 0.0909. The normalized spacial score (nSPS) is 10.1. The van der Waals surface area contributed by atoms with Crippen LogP contribution in [0.4, 0.5) is 17.6 Å². The van der Waals surface area contributed by atoms with Crippen LogP contribution >= 0.6 is 0 Å². The number of benzene rings is 1. The first-order chi connectivity index (χ1) is 8.35. The number of nitrogens with zero attached hydrogens (tertiary/aromatic N) is 2. The first kappa shape index (κ1) is 13.5. The van der Waals surface area contributed by atoms with E-state index in [2.05, 4.69) is 4.74 Å². The second-order valence-electron chi connectivity index (χ2n) is 3.01. The molecule has 3 nitrogen and oxygen atoms in total. The molecule has 18 heavy (non-hydrogen) atoms. The van der Waals surface area contributed by atoms with E-state index < -0.39 is 17.9 Å². The lowest BCUT2D eigenvalue weighted by molar-refractivity contribution is -0.274. The lowest BCUT2D eigenvalue weighted by Gasteiger charge is -2.09. The maximum absolute atomic E-state index is 13.3. The van der Waals surface area contributed by atoms with E-state index in [9.17, 15) is 17.6 Å². The number of halogens is 4. The Bertz CT molecular complexity index is 548. The van der Waals surface area contributed by atoms with Crippen LogP contribution in [0.3, 0.4) is 0 Å². The number of nitriles is 2. The Morgan fingerprint density at radius 2 is 1.83 bits per heavy atom. The van der Waals surface area contributed by atoms with E-state index in [0.717, 1.165) is 18.2 Å². The van der Waals surface area contributed by atoms with Gasteiger partial charge in [-0.2, -0.15) is 10.5 Å². The monoisotopic (exact) mass is 256 g/mol. The summed E-state index contributed by atoms with van der Waals surface area (Å²) in [5.41, 5.74) is -0.541. The third-order valence-corrected chi connectivity index (χ3v) is 1.75. The van der Waals surface area contributed by atoms with Crippen molar-refractivity contribution in [1.29, 1.82) is 10.5 Å². The van der Waals surface area contributed by atoms with E-state index in [1.807, 2.05) is 0 Å². The fourth-order valence-corrected chi connectivity index (χ4v) is 1.07. The van der Waals surface area contributed by atoms with Gasteiger partial charge in [0.15, 0.2) is 0 Å². The molecule has 0 amide bonds. The summed E-state index contributed by atoms with van der Waals surface area (Å²) in [7, 11) is 0. The third kappa shape index (κ3) is 3.80. The van der Waals surface area contributed by atoms with Crippen molar-refractivity contribution in [2.45, 2.75) is 6.36 Å². The van der Waals surface area contributed by atoms with Gasteiger partial charge in [-0.3, -0.25) is 0 Å². The minimum atomic E-state index is -4.91.